The molecule has 2 rings (SSSR count). The van der Waals surface area contributed by atoms with Crippen molar-refractivity contribution in [3.8, 4) is 5.75 Å². The Morgan fingerprint density at radius 1 is 1.50 bits per heavy atom. The van der Waals surface area contributed by atoms with Gasteiger partial charge in [0.25, 0.3) is 0 Å². The standard InChI is InChI=1S/C11H14FNO/c1-14-10-6-5-8(12)11-7(10)3-2-4-9(11)13/h5-6,9H,2-4,13H2,1H3/t9-/m1/s1. The van der Waals surface area contributed by atoms with Crippen LogP contribution in [0.15, 0.2) is 12.1 Å². The molecule has 0 fully saturated rings. The highest BCUT2D eigenvalue weighted by molar-refractivity contribution is 5.44. The second-order valence-electron chi connectivity index (χ2n) is 3.64. The molecule has 1 aliphatic carbocycles. The Kier molecular flexibility index (Phi) is 2.42. The van der Waals surface area contributed by atoms with Gasteiger partial charge in [-0.05, 0) is 31.4 Å². The summed E-state index contributed by atoms with van der Waals surface area (Å²) in [7, 11) is 1.60. The number of fused-ring (bicyclic) bond motifs is 1. The van der Waals surface area contributed by atoms with Crippen molar-refractivity contribution in [2.24, 2.45) is 5.73 Å². The van der Waals surface area contributed by atoms with Gasteiger partial charge < -0.3 is 10.5 Å². The maximum absolute atomic E-state index is 13.5. The minimum Gasteiger partial charge on any atom is -0.496 e. The molecule has 0 saturated heterocycles. The van der Waals surface area contributed by atoms with Crippen LogP contribution in [-0.4, -0.2) is 7.11 Å². The van der Waals surface area contributed by atoms with Crippen LogP contribution in [0.5, 0.6) is 5.75 Å². The van der Waals surface area contributed by atoms with E-state index in [4.69, 9.17) is 10.5 Å². The highest BCUT2D eigenvalue weighted by atomic mass is 19.1. The van der Waals surface area contributed by atoms with E-state index >= 15 is 0 Å². The van der Waals surface area contributed by atoms with Crippen LogP contribution in [0.1, 0.15) is 30.0 Å². The van der Waals surface area contributed by atoms with Gasteiger partial charge in [0.2, 0.25) is 0 Å². The Morgan fingerprint density at radius 2 is 2.29 bits per heavy atom. The maximum Gasteiger partial charge on any atom is 0.128 e. The number of ether oxygens (including phenoxy) is 1. The molecule has 0 aliphatic heterocycles. The van der Waals surface area contributed by atoms with Gasteiger partial charge >= 0.3 is 0 Å². The van der Waals surface area contributed by atoms with E-state index in [1.165, 1.54) is 6.07 Å². The third-order valence-electron chi connectivity index (χ3n) is 2.79. The molecule has 0 radical (unpaired) electrons. The molecular formula is C11H14FNO. The molecule has 1 aromatic carbocycles. The van der Waals surface area contributed by atoms with E-state index < -0.39 is 0 Å². The van der Waals surface area contributed by atoms with Crippen LogP contribution in [0.3, 0.4) is 0 Å². The van der Waals surface area contributed by atoms with E-state index in [0.717, 1.165) is 30.6 Å². The number of nitrogens with two attached hydrogens (primary N) is 1. The van der Waals surface area contributed by atoms with Crippen LogP contribution >= 0.6 is 0 Å². The van der Waals surface area contributed by atoms with Crippen molar-refractivity contribution < 1.29 is 9.13 Å². The van der Waals surface area contributed by atoms with Crippen LogP contribution in [0.2, 0.25) is 0 Å². The summed E-state index contributed by atoms with van der Waals surface area (Å²) in [5, 5.41) is 0. The lowest BCUT2D eigenvalue weighted by Crippen LogP contribution is -2.19. The fourth-order valence-corrected chi connectivity index (χ4v) is 2.11. The minimum absolute atomic E-state index is 0.172. The van der Waals surface area contributed by atoms with Gasteiger partial charge in [0.15, 0.2) is 0 Å². The normalized spacial score (nSPS) is 20.4. The van der Waals surface area contributed by atoms with Crippen molar-refractivity contribution in [2.75, 3.05) is 7.11 Å². The van der Waals surface area contributed by atoms with E-state index in [0.29, 0.717) is 5.56 Å². The zero-order valence-corrected chi connectivity index (χ0v) is 8.22. The largest absolute Gasteiger partial charge is 0.496 e. The predicted octanol–water partition coefficient (Wildman–Crippen LogP) is 2.17. The highest BCUT2D eigenvalue weighted by Gasteiger charge is 2.23. The van der Waals surface area contributed by atoms with E-state index in [2.05, 4.69) is 0 Å². The molecule has 2 nitrogen and oxygen atoms in total. The summed E-state index contributed by atoms with van der Waals surface area (Å²) in [5.41, 5.74) is 7.47. The zero-order valence-electron chi connectivity index (χ0n) is 8.22. The molecule has 0 aromatic heterocycles. The second kappa shape index (κ2) is 3.58. The number of hydrogen-bond acceptors (Lipinski definition) is 2. The third-order valence-corrected chi connectivity index (χ3v) is 2.79. The summed E-state index contributed by atoms with van der Waals surface area (Å²) in [5.74, 6) is 0.560. The van der Waals surface area contributed by atoms with Crippen molar-refractivity contribution in [1.29, 1.82) is 0 Å². The molecule has 3 heteroatoms. The monoisotopic (exact) mass is 195 g/mol. The van der Waals surface area contributed by atoms with Gasteiger partial charge in [0.05, 0.1) is 7.11 Å². The SMILES string of the molecule is COc1ccc(F)c2c1CCC[C@H]2N. The first kappa shape index (κ1) is 9.46. The number of hydrogen-bond donors (Lipinski definition) is 1. The predicted molar refractivity (Wildman–Crippen MR) is 52.8 cm³/mol. The Balaban J connectivity index is 2.57. The molecular weight excluding hydrogens is 181 g/mol. The Bertz CT molecular complexity index is 351. The van der Waals surface area contributed by atoms with E-state index in [-0.39, 0.29) is 11.9 Å². The van der Waals surface area contributed by atoms with Crippen molar-refractivity contribution in [2.45, 2.75) is 25.3 Å². The van der Waals surface area contributed by atoms with E-state index in [1.807, 2.05) is 0 Å². The van der Waals surface area contributed by atoms with Gasteiger partial charge in [-0.15, -0.1) is 0 Å². The topological polar surface area (TPSA) is 35.2 Å². The first-order valence-electron chi connectivity index (χ1n) is 4.85. The number of benzene rings is 1. The average molecular weight is 195 g/mol. The molecule has 0 spiro atoms. The molecule has 1 aromatic rings. The number of halogens is 1. The van der Waals surface area contributed by atoms with E-state index in [9.17, 15) is 4.39 Å². The van der Waals surface area contributed by atoms with Crippen LogP contribution < -0.4 is 10.5 Å². The van der Waals surface area contributed by atoms with Crippen LogP contribution in [-0.2, 0) is 6.42 Å². The molecule has 0 saturated carbocycles. The minimum atomic E-state index is -0.201. The fourth-order valence-electron chi connectivity index (χ4n) is 2.11. The number of methoxy groups -OCH3 is 1. The lowest BCUT2D eigenvalue weighted by molar-refractivity contribution is 0.399. The summed E-state index contributed by atoms with van der Waals surface area (Å²) in [6.45, 7) is 0. The number of rotatable bonds is 1. The Morgan fingerprint density at radius 3 is 3.00 bits per heavy atom. The zero-order chi connectivity index (χ0) is 10.1. The third kappa shape index (κ3) is 1.38. The van der Waals surface area contributed by atoms with Crippen LogP contribution in [0.4, 0.5) is 4.39 Å². The van der Waals surface area contributed by atoms with Crippen molar-refractivity contribution in [1.82, 2.24) is 0 Å². The maximum atomic E-state index is 13.5. The Labute approximate surface area is 82.9 Å². The van der Waals surface area contributed by atoms with Gasteiger partial charge in [0, 0.05) is 17.2 Å². The summed E-state index contributed by atoms with van der Waals surface area (Å²) in [6.07, 6.45) is 2.73. The molecule has 0 unspecified atom stereocenters. The summed E-state index contributed by atoms with van der Waals surface area (Å²) in [4.78, 5) is 0. The Hall–Kier alpha value is -1.09. The molecule has 2 N–H and O–H groups in total. The van der Waals surface area contributed by atoms with Crippen molar-refractivity contribution in [3.63, 3.8) is 0 Å². The lowest BCUT2D eigenvalue weighted by atomic mass is 9.87. The molecule has 0 heterocycles. The smallest absolute Gasteiger partial charge is 0.128 e. The summed E-state index contributed by atoms with van der Waals surface area (Å²) >= 11 is 0. The molecule has 14 heavy (non-hydrogen) atoms. The van der Waals surface area contributed by atoms with Gasteiger partial charge in [-0.3, -0.25) is 0 Å². The molecule has 76 valence electrons. The van der Waals surface area contributed by atoms with Crippen LogP contribution in [0, 0.1) is 5.82 Å². The molecule has 0 amide bonds. The lowest BCUT2D eigenvalue weighted by Gasteiger charge is -2.24. The van der Waals surface area contributed by atoms with Crippen molar-refractivity contribution in [3.05, 3.63) is 29.1 Å². The summed E-state index contributed by atoms with van der Waals surface area (Å²) < 4.78 is 18.7. The van der Waals surface area contributed by atoms with Crippen molar-refractivity contribution >= 4 is 0 Å². The first-order valence-corrected chi connectivity index (χ1v) is 4.85. The molecule has 1 atom stereocenters. The fraction of sp³-hybridized carbons (Fsp3) is 0.455. The van der Waals surface area contributed by atoms with Gasteiger partial charge in [0.1, 0.15) is 11.6 Å². The van der Waals surface area contributed by atoms with Gasteiger partial charge in [-0.2, -0.15) is 0 Å². The second-order valence-corrected chi connectivity index (χ2v) is 3.64. The highest BCUT2D eigenvalue weighted by Crippen LogP contribution is 2.35. The average Bonchev–Trinajstić information content (AvgIpc) is 2.18. The molecule has 0 bridgehead atoms. The van der Waals surface area contributed by atoms with Gasteiger partial charge in [-0.1, -0.05) is 0 Å². The quantitative estimate of drug-likeness (QED) is 0.745. The molecule has 1 aliphatic rings. The van der Waals surface area contributed by atoms with Crippen LogP contribution in [0.25, 0.3) is 0 Å². The van der Waals surface area contributed by atoms with Gasteiger partial charge in [-0.25, -0.2) is 4.39 Å². The summed E-state index contributed by atoms with van der Waals surface area (Å²) in [6, 6.07) is 2.93. The van der Waals surface area contributed by atoms with E-state index in [1.54, 1.807) is 13.2 Å². The first-order chi connectivity index (χ1) is 6.74.